The Bertz CT molecular complexity index is 360. The molecule has 0 heterocycles. The van der Waals surface area contributed by atoms with E-state index in [9.17, 15) is 4.79 Å². The minimum atomic E-state index is -0.297. The Labute approximate surface area is 94.1 Å². The van der Waals surface area contributed by atoms with Crippen molar-refractivity contribution >= 4 is 12.1 Å². The van der Waals surface area contributed by atoms with Crippen LogP contribution in [0.5, 0.6) is 11.5 Å². The first kappa shape index (κ1) is 12.0. The lowest BCUT2D eigenvalue weighted by Gasteiger charge is -2.05. The van der Waals surface area contributed by atoms with Gasteiger partial charge in [0.15, 0.2) is 6.61 Å². The van der Waals surface area contributed by atoms with Crippen molar-refractivity contribution in [3.05, 3.63) is 24.3 Å². The summed E-state index contributed by atoms with van der Waals surface area (Å²) in [7, 11) is 1.59. The van der Waals surface area contributed by atoms with Crippen molar-refractivity contribution in [2.75, 3.05) is 13.7 Å². The molecule has 1 aromatic rings. The van der Waals surface area contributed by atoms with E-state index < -0.39 is 0 Å². The van der Waals surface area contributed by atoms with Crippen LogP contribution in [0.25, 0.3) is 0 Å². The van der Waals surface area contributed by atoms with Crippen molar-refractivity contribution in [3.63, 3.8) is 0 Å². The van der Waals surface area contributed by atoms with Crippen molar-refractivity contribution < 1.29 is 14.3 Å². The van der Waals surface area contributed by atoms with E-state index in [1.165, 1.54) is 6.21 Å². The number of rotatable bonds is 5. The number of amides is 1. The Morgan fingerprint density at radius 1 is 1.38 bits per heavy atom. The second-order valence-corrected chi connectivity index (χ2v) is 2.89. The summed E-state index contributed by atoms with van der Waals surface area (Å²) in [5.41, 5.74) is 2.31. The summed E-state index contributed by atoms with van der Waals surface area (Å²) in [5.74, 6) is 1.05. The molecule has 1 amide bonds. The summed E-state index contributed by atoms with van der Waals surface area (Å²) >= 11 is 0. The highest BCUT2D eigenvalue weighted by atomic mass is 16.5. The Morgan fingerprint density at radius 2 is 2.00 bits per heavy atom. The van der Waals surface area contributed by atoms with Gasteiger partial charge in [-0.1, -0.05) is 0 Å². The van der Waals surface area contributed by atoms with Crippen LogP contribution < -0.4 is 14.9 Å². The first-order chi connectivity index (χ1) is 7.76. The molecule has 0 aliphatic carbocycles. The molecule has 0 unspecified atom stereocenters. The SMILES string of the molecule is CC=NNC(=O)COc1ccc(OC)cc1. The smallest absolute Gasteiger partial charge is 0.277 e. The zero-order chi connectivity index (χ0) is 11.8. The number of nitrogens with zero attached hydrogens (tertiary/aromatic N) is 1. The molecule has 0 aliphatic heterocycles. The van der Waals surface area contributed by atoms with Crippen LogP contribution in [0.2, 0.25) is 0 Å². The van der Waals surface area contributed by atoms with Crippen LogP contribution in [0.3, 0.4) is 0 Å². The van der Waals surface area contributed by atoms with Gasteiger partial charge in [-0.15, -0.1) is 0 Å². The number of methoxy groups -OCH3 is 1. The van der Waals surface area contributed by atoms with Crippen LogP contribution in [0, 0.1) is 0 Å². The molecule has 0 saturated heterocycles. The van der Waals surface area contributed by atoms with Crippen molar-refractivity contribution in [2.45, 2.75) is 6.92 Å². The van der Waals surface area contributed by atoms with E-state index in [0.717, 1.165) is 5.75 Å². The number of hydrogen-bond donors (Lipinski definition) is 1. The second kappa shape index (κ2) is 6.44. The molecule has 0 radical (unpaired) electrons. The van der Waals surface area contributed by atoms with E-state index in [4.69, 9.17) is 9.47 Å². The number of nitrogens with one attached hydrogen (secondary N) is 1. The average Bonchev–Trinajstić information content (AvgIpc) is 2.34. The molecule has 0 bridgehead atoms. The molecule has 86 valence electrons. The first-order valence-corrected chi connectivity index (χ1v) is 4.79. The fourth-order valence-electron chi connectivity index (χ4n) is 0.990. The maximum absolute atomic E-state index is 11.1. The van der Waals surface area contributed by atoms with Crippen LogP contribution in [-0.2, 0) is 4.79 Å². The maximum atomic E-state index is 11.1. The van der Waals surface area contributed by atoms with Gasteiger partial charge >= 0.3 is 0 Å². The normalized spacial score (nSPS) is 10.1. The lowest BCUT2D eigenvalue weighted by atomic mass is 10.3. The van der Waals surface area contributed by atoms with E-state index in [0.29, 0.717) is 5.75 Å². The van der Waals surface area contributed by atoms with Crippen molar-refractivity contribution in [3.8, 4) is 11.5 Å². The number of hydrogen-bond acceptors (Lipinski definition) is 4. The monoisotopic (exact) mass is 222 g/mol. The molecule has 0 atom stereocenters. The number of benzene rings is 1. The molecule has 1 rings (SSSR count). The van der Waals surface area contributed by atoms with Gasteiger partial charge in [0.05, 0.1) is 7.11 Å². The van der Waals surface area contributed by atoms with Gasteiger partial charge in [0.1, 0.15) is 11.5 Å². The summed E-state index contributed by atoms with van der Waals surface area (Å²) in [6, 6.07) is 6.99. The molecule has 0 aliphatic rings. The van der Waals surface area contributed by atoms with E-state index in [-0.39, 0.29) is 12.5 Å². The van der Waals surface area contributed by atoms with E-state index in [1.807, 2.05) is 0 Å². The Balaban J connectivity index is 2.39. The van der Waals surface area contributed by atoms with Gasteiger partial charge in [-0.2, -0.15) is 5.10 Å². The maximum Gasteiger partial charge on any atom is 0.277 e. The first-order valence-electron chi connectivity index (χ1n) is 4.79. The van der Waals surface area contributed by atoms with E-state index in [1.54, 1.807) is 38.3 Å². The Morgan fingerprint density at radius 3 is 2.56 bits per heavy atom. The zero-order valence-corrected chi connectivity index (χ0v) is 9.27. The van der Waals surface area contributed by atoms with Crippen LogP contribution in [-0.4, -0.2) is 25.8 Å². The van der Waals surface area contributed by atoms with E-state index in [2.05, 4.69) is 10.5 Å². The molecule has 5 heteroatoms. The highest BCUT2D eigenvalue weighted by Crippen LogP contribution is 2.16. The molecular weight excluding hydrogens is 208 g/mol. The number of carbonyl (C=O) groups excluding carboxylic acids is 1. The number of ether oxygens (including phenoxy) is 2. The second-order valence-electron chi connectivity index (χ2n) is 2.89. The third-order valence-corrected chi connectivity index (χ3v) is 1.75. The summed E-state index contributed by atoms with van der Waals surface area (Å²) in [5, 5.41) is 3.59. The lowest BCUT2D eigenvalue weighted by Crippen LogP contribution is -2.24. The molecule has 1 aromatic carbocycles. The molecule has 0 aromatic heterocycles. The van der Waals surface area contributed by atoms with Crippen LogP contribution in [0.4, 0.5) is 0 Å². The van der Waals surface area contributed by atoms with Crippen LogP contribution in [0.1, 0.15) is 6.92 Å². The predicted molar refractivity (Wildman–Crippen MR) is 60.8 cm³/mol. The quantitative estimate of drug-likeness (QED) is 0.601. The van der Waals surface area contributed by atoms with Crippen molar-refractivity contribution in [1.82, 2.24) is 5.43 Å². The van der Waals surface area contributed by atoms with Gasteiger partial charge < -0.3 is 9.47 Å². The van der Waals surface area contributed by atoms with E-state index >= 15 is 0 Å². The standard InChI is InChI=1S/C11H14N2O3/c1-3-12-13-11(14)8-16-10-6-4-9(15-2)5-7-10/h3-7H,8H2,1-2H3,(H,13,14). The molecule has 0 saturated carbocycles. The van der Waals surface area contributed by atoms with Crippen molar-refractivity contribution in [2.24, 2.45) is 5.10 Å². The van der Waals surface area contributed by atoms with Gasteiger partial charge in [0.25, 0.3) is 5.91 Å². The van der Waals surface area contributed by atoms with Crippen molar-refractivity contribution in [1.29, 1.82) is 0 Å². The van der Waals surface area contributed by atoms with Gasteiger partial charge in [0.2, 0.25) is 0 Å². The van der Waals surface area contributed by atoms with Crippen LogP contribution >= 0.6 is 0 Å². The zero-order valence-electron chi connectivity index (χ0n) is 9.27. The van der Waals surface area contributed by atoms with Gasteiger partial charge in [-0.05, 0) is 31.2 Å². The highest BCUT2D eigenvalue weighted by molar-refractivity contribution is 5.78. The van der Waals surface area contributed by atoms with Gasteiger partial charge in [-0.3, -0.25) is 4.79 Å². The number of hydrazone groups is 1. The Hall–Kier alpha value is -2.04. The fraction of sp³-hybridized carbons (Fsp3) is 0.273. The van der Waals surface area contributed by atoms with Gasteiger partial charge in [0, 0.05) is 6.21 Å². The topological polar surface area (TPSA) is 59.9 Å². The summed E-state index contributed by atoms with van der Waals surface area (Å²) < 4.78 is 10.2. The largest absolute Gasteiger partial charge is 0.497 e. The average molecular weight is 222 g/mol. The summed E-state index contributed by atoms with van der Waals surface area (Å²) in [4.78, 5) is 11.1. The minimum Gasteiger partial charge on any atom is -0.497 e. The molecule has 1 N–H and O–H groups in total. The molecule has 0 fully saturated rings. The third kappa shape index (κ3) is 4.00. The minimum absolute atomic E-state index is 0.0658. The lowest BCUT2D eigenvalue weighted by molar-refractivity contribution is -0.123. The molecular formula is C11H14N2O3. The van der Waals surface area contributed by atoms with Gasteiger partial charge in [-0.25, -0.2) is 5.43 Å². The third-order valence-electron chi connectivity index (χ3n) is 1.75. The summed E-state index contributed by atoms with van der Waals surface area (Å²) in [6.45, 7) is 1.65. The molecule has 5 nitrogen and oxygen atoms in total. The summed E-state index contributed by atoms with van der Waals surface area (Å²) in [6.07, 6.45) is 1.49. The fourth-order valence-corrected chi connectivity index (χ4v) is 0.990. The Kier molecular flexibility index (Phi) is 4.85. The predicted octanol–water partition coefficient (Wildman–Crippen LogP) is 1.20. The molecule has 0 spiro atoms. The highest BCUT2D eigenvalue weighted by Gasteiger charge is 2.00. The molecule has 16 heavy (non-hydrogen) atoms. The van der Waals surface area contributed by atoms with Crippen LogP contribution in [0.15, 0.2) is 29.4 Å². The number of carbonyl (C=O) groups is 1.